The lowest BCUT2D eigenvalue weighted by molar-refractivity contribution is 0.0628. The van der Waals surface area contributed by atoms with E-state index in [2.05, 4.69) is 62.1 Å². The van der Waals surface area contributed by atoms with E-state index >= 15 is 0 Å². The van der Waals surface area contributed by atoms with Crippen LogP contribution in [0.25, 0.3) is 0 Å². The van der Waals surface area contributed by atoms with Gasteiger partial charge in [0.05, 0.1) is 0 Å². The summed E-state index contributed by atoms with van der Waals surface area (Å²) in [5, 5.41) is 0. The van der Waals surface area contributed by atoms with Crippen LogP contribution < -0.4 is 4.74 Å². The van der Waals surface area contributed by atoms with E-state index in [0.29, 0.717) is 6.61 Å². The molecular formula is C28H32N2O2. The number of piperazine rings is 1. The molecule has 3 aromatic rings. The Kier molecular flexibility index (Phi) is 6.91. The molecule has 1 aliphatic rings. The maximum atomic E-state index is 13.0. The van der Waals surface area contributed by atoms with Crippen LogP contribution in [-0.4, -0.2) is 41.9 Å². The summed E-state index contributed by atoms with van der Waals surface area (Å²) in [6.07, 6.45) is 0. The topological polar surface area (TPSA) is 32.8 Å². The first-order valence-electron chi connectivity index (χ1n) is 11.3. The van der Waals surface area contributed by atoms with E-state index in [1.165, 1.54) is 11.1 Å². The number of nitrogens with zero attached hydrogens (tertiary/aromatic N) is 2. The second-order valence-electron chi connectivity index (χ2n) is 8.76. The number of carbonyl (C=O) groups is 1. The lowest BCUT2D eigenvalue weighted by Crippen LogP contribution is -2.48. The van der Waals surface area contributed by atoms with Gasteiger partial charge in [0.2, 0.25) is 0 Å². The molecule has 4 rings (SSSR count). The van der Waals surface area contributed by atoms with Crippen molar-refractivity contribution in [1.82, 2.24) is 9.80 Å². The van der Waals surface area contributed by atoms with Gasteiger partial charge in [0.1, 0.15) is 12.4 Å². The Bertz CT molecular complexity index is 1030. The Balaban J connectivity index is 1.29. The average molecular weight is 429 g/mol. The maximum Gasteiger partial charge on any atom is 0.253 e. The number of carbonyl (C=O) groups excluding carboxylic acids is 1. The number of ether oxygens (including phenoxy) is 1. The highest BCUT2D eigenvalue weighted by Gasteiger charge is 2.22. The fourth-order valence-corrected chi connectivity index (χ4v) is 4.17. The summed E-state index contributed by atoms with van der Waals surface area (Å²) in [6, 6.07) is 22.7. The van der Waals surface area contributed by atoms with E-state index in [1.54, 1.807) is 0 Å². The van der Waals surface area contributed by atoms with Gasteiger partial charge in [-0.05, 0) is 55.2 Å². The van der Waals surface area contributed by atoms with Crippen molar-refractivity contribution in [2.75, 3.05) is 26.2 Å². The molecule has 0 spiro atoms. The van der Waals surface area contributed by atoms with Crippen molar-refractivity contribution in [3.8, 4) is 5.75 Å². The Morgan fingerprint density at radius 3 is 2.00 bits per heavy atom. The van der Waals surface area contributed by atoms with E-state index in [0.717, 1.165) is 60.7 Å². The van der Waals surface area contributed by atoms with E-state index in [4.69, 9.17) is 4.74 Å². The highest BCUT2D eigenvalue weighted by molar-refractivity contribution is 5.94. The fraction of sp³-hybridized carbons (Fsp3) is 0.321. The molecule has 4 nitrogen and oxygen atoms in total. The van der Waals surface area contributed by atoms with Gasteiger partial charge in [0.25, 0.3) is 5.91 Å². The molecule has 4 heteroatoms. The van der Waals surface area contributed by atoms with Gasteiger partial charge in [-0.15, -0.1) is 0 Å². The molecule has 1 aliphatic heterocycles. The lowest BCUT2D eigenvalue weighted by Gasteiger charge is -2.34. The predicted molar refractivity (Wildman–Crippen MR) is 129 cm³/mol. The van der Waals surface area contributed by atoms with Gasteiger partial charge in [-0.3, -0.25) is 9.69 Å². The summed E-state index contributed by atoms with van der Waals surface area (Å²) in [5.74, 6) is 1.05. The molecule has 0 aliphatic carbocycles. The van der Waals surface area contributed by atoms with E-state index in [-0.39, 0.29) is 5.91 Å². The van der Waals surface area contributed by atoms with Crippen molar-refractivity contribution >= 4 is 5.91 Å². The molecule has 166 valence electrons. The van der Waals surface area contributed by atoms with Crippen LogP contribution in [0, 0.1) is 20.8 Å². The Labute approximate surface area is 191 Å². The number of amides is 1. The van der Waals surface area contributed by atoms with Crippen LogP contribution in [0.15, 0.2) is 66.7 Å². The summed E-state index contributed by atoms with van der Waals surface area (Å²) < 4.78 is 6.04. The predicted octanol–water partition coefficient (Wildman–Crippen LogP) is 5.15. The first kappa shape index (κ1) is 22.1. The van der Waals surface area contributed by atoms with Crippen LogP contribution in [0.4, 0.5) is 0 Å². The van der Waals surface area contributed by atoms with Crippen molar-refractivity contribution < 1.29 is 9.53 Å². The van der Waals surface area contributed by atoms with Crippen LogP contribution in [0.2, 0.25) is 0 Å². The summed E-state index contributed by atoms with van der Waals surface area (Å²) in [5.41, 5.74) is 6.69. The summed E-state index contributed by atoms with van der Waals surface area (Å²) >= 11 is 0. The van der Waals surface area contributed by atoms with Gasteiger partial charge in [0.15, 0.2) is 0 Å². The van der Waals surface area contributed by atoms with Crippen LogP contribution in [0.3, 0.4) is 0 Å². The zero-order valence-corrected chi connectivity index (χ0v) is 19.3. The van der Waals surface area contributed by atoms with E-state index < -0.39 is 0 Å². The summed E-state index contributed by atoms with van der Waals surface area (Å²) in [4.78, 5) is 17.3. The van der Waals surface area contributed by atoms with Crippen LogP contribution in [0.5, 0.6) is 5.75 Å². The molecule has 1 saturated heterocycles. The number of aryl methyl sites for hydroxylation is 3. The molecule has 32 heavy (non-hydrogen) atoms. The molecule has 0 aromatic heterocycles. The molecule has 0 atom stereocenters. The van der Waals surface area contributed by atoms with Gasteiger partial charge < -0.3 is 9.64 Å². The van der Waals surface area contributed by atoms with Gasteiger partial charge in [-0.25, -0.2) is 0 Å². The molecule has 0 saturated carbocycles. The van der Waals surface area contributed by atoms with Crippen molar-refractivity contribution in [3.63, 3.8) is 0 Å². The third-order valence-corrected chi connectivity index (χ3v) is 6.18. The van der Waals surface area contributed by atoms with Crippen molar-refractivity contribution in [2.24, 2.45) is 0 Å². The standard InChI is InChI=1S/C28H32N2O2/c1-21-7-9-24(10-8-21)19-29-15-17-30(18-16-29)28(31)26-13-11-25(12-14-26)20-32-27-22(2)5-4-6-23(27)3/h4-14H,15-20H2,1-3H3. The largest absolute Gasteiger partial charge is 0.488 e. The molecule has 3 aromatic carbocycles. The monoisotopic (exact) mass is 428 g/mol. The van der Waals surface area contributed by atoms with Crippen molar-refractivity contribution in [2.45, 2.75) is 33.9 Å². The lowest BCUT2D eigenvalue weighted by atomic mass is 10.1. The SMILES string of the molecule is Cc1ccc(CN2CCN(C(=O)c3ccc(COc4c(C)cccc4C)cc3)CC2)cc1. The second-order valence-corrected chi connectivity index (χ2v) is 8.76. The van der Waals surface area contributed by atoms with Crippen LogP contribution in [0.1, 0.15) is 38.2 Å². The zero-order valence-electron chi connectivity index (χ0n) is 19.3. The smallest absolute Gasteiger partial charge is 0.253 e. The van der Waals surface area contributed by atoms with Gasteiger partial charge in [-0.1, -0.05) is 60.2 Å². The number of para-hydroxylation sites is 1. The summed E-state index contributed by atoms with van der Waals surface area (Å²) in [7, 11) is 0. The molecule has 0 unspecified atom stereocenters. The number of hydrogen-bond acceptors (Lipinski definition) is 3. The molecular weight excluding hydrogens is 396 g/mol. The Hall–Kier alpha value is -3.11. The van der Waals surface area contributed by atoms with Gasteiger partial charge >= 0.3 is 0 Å². The van der Waals surface area contributed by atoms with E-state index in [1.807, 2.05) is 35.2 Å². The third kappa shape index (κ3) is 5.38. The first-order chi connectivity index (χ1) is 15.5. The fourth-order valence-electron chi connectivity index (χ4n) is 4.17. The molecule has 0 radical (unpaired) electrons. The molecule has 1 amide bonds. The average Bonchev–Trinajstić information content (AvgIpc) is 2.81. The number of rotatable bonds is 6. The minimum absolute atomic E-state index is 0.113. The van der Waals surface area contributed by atoms with Crippen LogP contribution in [-0.2, 0) is 13.2 Å². The quantitative estimate of drug-likeness (QED) is 0.544. The normalized spacial score (nSPS) is 14.4. The summed E-state index contributed by atoms with van der Waals surface area (Å²) in [6.45, 7) is 11.0. The Morgan fingerprint density at radius 1 is 0.781 bits per heavy atom. The van der Waals surface area contributed by atoms with Gasteiger partial charge in [0, 0.05) is 38.3 Å². The zero-order chi connectivity index (χ0) is 22.5. The highest BCUT2D eigenvalue weighted by Crippen LogP contribution is 2.23. The molecule has 1 heterocycles. The maximum absolute atomic E-state index is 13.0. The highest BCUT2D eigenvalue weighted by atomic mass is 16.5. The minimum atomic E-state index is 0.113. The number of hydrogen-bond donors (Lipinski definition) is 0. The molecule has 1 fully saturated rings. The van der Waals surface area contributed by atoms with E-state index in [9.17, 15) is 4.79 Å². The minimum Gasteiger partial charge on any atom is -0.488 e. The Morgan fingerprint density at radius 2 is 1.38 bits per heavy atom. The van der Waals surface area contributed by atoms with Crippen LogP contribution >= 0.6 is 0 Å². The van der Waals surface area contributed by atoms with Crippen molar-refractivity contribution in [3.05, 3.63) is 100 Å². The van der Waals surface area contributed by atoms with Gasteiger partial charge in [-0.2, -0.15) is 0 Å². The number of benzene rings is 3. The molecule has 0 bridgehead atoms. The third-order valence-electron chi connectivity index (χ3n) is 6.18. The molecule has 0 N–H and O–H groups in total. The second kappa shape index (κ2) is 10.0. The first-order valence-corrected chi connectivity index (χ1v) is 11.3. The van der Waals surface area contributed by atoms with Crippen molar-refractivity contribution in [1.29, 1.82) is 0 Å².